The maximum atomic E-state index is 13.4. The Hall–Kier alpha value is -3.18. The van der Waals surface area contributed by atoms with Crippen LogP contribution in [0.1, 0.15) is 5.56 Å². The number of imide groups is 1. The quantitative estimate of drug-likeness (QED) is 0.552. The van der Waals surface area contributed by atoms with Gasteiger partial charge in [-0.05, 0) is 42.0 Å². The van der Waals surface area contributed by atoms with Crippen molar-refractivity contribution < 1.29 is 9.59 Å². The molecule has 28 heavy (non-hydrogen) atoms. The maximum Gasteiger partial charge on any atom is 0.282 e. The van der Waals surface area contributed by atoms with Crippen LogP contribution in [0.15, 0.2) is 95.1 Å². The summed E-state index contributed by atoms with van der Waals surface area (Å²) in [6.45, 7) is 0. The highest BCUT2D eigenvalue weighted by Gasteiger charge is 2.41. The third-order valence-electron chi connectivity index (χ3n) is 4.69. The molecule has 0 saturated carbocycles. The fourth-order valence-corrected chi connectivity index (χ4v) is 3.56. The molecule has 4 nitrogen and oxygen atoms in total. The Morgan fingerprint density at radius 3 is 1.93 bits per heavy atom. The van der Waals surface area contributed by atoms with Crippen molar-refractivity contribution in [2.75, 3.05) is 16.8 Å². The van der Waals surface area contributed by atoms with Crippen LogP contribution in [-0.4, -0.2) is 18.9 Å². The van der Waals surface area contributed by atoms with Crippen LogP contribution < -0.4 is 9.80 Å². The number of carbonyl (C=O) groups excluding carboxylic acids is 2. The minimum Gasteiger partial charge on any atom is -0.339 e. The lowest BCUT2D eigenvalue weighted by molar-refractivity contribution is -0.120. The van der Waals surface area contributed by atoms with Gasteiger partial charge in [-0.3, -0.25) is 9.59 Å². The third-order valence-corrected chi connectivity index (χ3v) is 5.21. The minimum absolute atomic E-state index is 0.323. The molecule has 0 unspecified atom stereocenters. The van der Waals surface area contributed by atoms with Crippen LogP contribution >= 0.6 is 15.9 Å². The van der Waals surface area contributed by atoms with E-state index in [1.165, 1.54) is 4.90 Å². The first-order valence-corrected chi connectivity index (χ1v) is 9.60. The van der Waals surface area contributed by atoms with Crippen molar-refractivity contribution in [2.45, 2.75) is 0 Å². The van der Waals surface area contributed by atoms with Gasteiger partial charge in [0, 0.05) is 17.2 Å². The molecule has 1 aliphatic heterocycles. The monoisotopic (exact) mass is 432 g/mol. The van der Waals surface area contributed by atoms with Crippen LogP contribution in [0.2, 0.25) is 0 Å². The summed E-state index contributed by atoms with van der Waals surface area (Å²) in [4.78, 5) is 29.8. The number of amides is 2. The predicted molar refractivity (Wildman–Crippen MR) is 115 cm³/mol. The Bertz CT molecular complexity index is 1060. The molecule has 0 aromatic heterocycles. The number of nitrogens with zero attached hydrogens (tertiary/aromatic N) is 2. The Balaban J connectivity index is 1.86. The van der Waals surface area contributed by atoms with Gasteiger partial charge in [-0.1, -0.05) is 64.5 Å². The van der Waals surface area contributed by atoms with Crippen LogP contribution in [0.4, 0.5) is 11.4 Å². The molecule has 2 amide bonds. The highest BCUT2D eigenvalue weighted by molar-refractivity contribution is 9.10. The normalized spacial score (nSPS) is 14.0. The van der Waals surface area contributed by atoms with Crippen molar-refractivity contribution >= 4 is 44.7 Å². The van der Waals surface area contributed by atoms with Crippen molar-refractivity contribution in [1.82, 2.24) is 0 Å². The Labute approximate surface area is 171 Å². The topological polar surface area (TPSA) is 40.6 Å². The van der Waals surface area contributed by atoms with Gasteiger partial charge in [-0.2, -0.15) is 0 Å². The maximum absolute atomic E-state index is 13.4. The van der Waals surface area contributed by atoms with Gasteiger partial charge in [0.15, 0.2) is 0 Å². The molecule has 138 valence electrons. The Kier molecular flexibility index (Phi) is 4.84. The number of hydrogen-bond donors (Lipinski definition) is 0. The third kappa shape index (κ3) is 3.14. The summed E-state index contributed by atoms with van der Waals surface area (Å²) in [6.07, 6.45) is 0. The van der Waals surface area contributed by atoms with Crippen LogP contribution in [-0.2, 0) is 9.59 Å². The largest absolute Gasteiger partial charge is 0.339 e. The lowest BCUT2D eigenvalue weighted by atomic mass is 10.0. The fraction of sp³-hybridized carbons (Fsp3) is 0.0435. The molecular formula is C23H17BrN2O2. The average Bonchev–Trinajstić information content (AvgIpc) is 2.99. The standard InChI is InChI=1S/C23H17BrN2O2/c1-25(18-10-6-3-7-11-18)21-20(16-8-4-2-5-9-16)22(27)26(23(21)28)19-14-12-17(24)13-15-19/h2-15H,1H3. The van der Waals surface area contributed by atoms with E-state index in [0.717, 1.165) is 15.7 Å². The van der Waals surface area contributed by atoms with E-state index in [9.17, 15) is 9.59 Å². The molecule has 0 bridgehead atoms. The lowest BCUT2D eigenvalue weighted by Crippen LogP contribution is -2.34. The van der Waals surface area contributed by atoms with Crippen LogP contribution in [0.25, 0.3) is 5.57 Å². The van der Waals surface area contributed by atoms with E-state index >= 15 is 0 Å². The van der Waals surface area contributed by atoms with Gasteiger partial charge in [-0.15, -0.1) is 0 Å². The highest BCUT2D eigenvalue weighted by atomic mass is 79.9. The zero-order chi connectivity index (χ0) is 19.7. The second-order valence-electron chi connectivity index (χ2n) is 6.41. The molecule has 3 aromatic rings. The van der Waals surface area contributed by atoms with Crippen molar-refractivity contribution in [2.24, 2.45) is 0 Å². The molecule has 4 rings (SSSR count). The summed E-state index contributed by atoms with van der Waals surface area (Å²) < 4.78 is 0.883. The van der Waals surface area contributed by atoms with Gasteiger partial charge in [0.2, 0.25) is 0 Å². The molecule has 0 saturated heterocycles. The second kappa shape index (κ2) is 7.44. The number of rotatable bonds is 4. The molecule has 0 radical (unpaired) electrons. The number of anilines is 2. The molecule has 0 atom stereocenters. The first kappa shape index (κ1) is 18.2. The SMILES string of the molecule is CN(C1=C(c2ccccc2)C(=O)N(c2ccc(Br)cc2)C1=O)c1ccccc1. The number of carbonyl (C=O) groups is 2. The van der Waals surface area contributed by atoms with E-state index in [4.69, 9.17) is 0 Å². The predicted octanol–water partition coefficient (Wildman–Crippen LogP) is 4.87. The van der Waals surface area contributed by atoms with E-state index in [-0.39, 0.29) is 11.8 Å². The van der Waals surface area contributed by atoms with E-state index in [2.05, 4.69) is 15.9 Å². The van der Waals surface area contributed by atoms with Gasteiger partial charge in [0.05, 0.1) is 11.3 Å². The molecule has 1 heterocycles. The van der Waals surface area contributed by atoms with Crippen molar-refractivity contribution in [3.05, 3.63) is 101 Å². The molecule has 3 aromatic carbocycles. The smallest absolute Gasteiger partial charge is 0.282 e. The number of halogens is 1. The first-order chi connectivity index (χ1) is 13.6. The molecular weight excluding hydrogens is 416 g/mol. The van der Waals surface area contributed by atoms with Gasteiger partial charge < -0.3 is 4.90 Å². The van der Waals surface area contributed by atoms with Crippen molar-refractivity contribution in [3.8, 4) is 0 Å². The summed E-state index contributed by atoms with van der Waals surface area (Å²) in [5.41, 5.74) is 2.87. The van der Waals surface area contributed by atoms with Crippen molar-refractivity contribution in [1.29, 1.82) is 0 Å². The zero-order valence-corrected chi connectivity index (χ0v) is 16.8. The summed E-state index contributed by atoms with van der Waals surface area (Å²) >= 11 is 3.39. The zero-order valence-electron chi connectivity index (χ0n) is 15.2. The molecule has 0 spiro atoms. The summed E-state index contributed by atoms with van der Waals surface area (Å²) in [6, 6.07) is 26.0. The second-order valence-corrected chi connectivity index (χ2v) is 7.32. The molecule has 0 fully saturated rings. The summed E-state index contributed by atoms with van der Waals surface area (Å²) in [5, 5.41) is 0. The van der Waals surface area contributed by atoms with E-state index < -0.39 is 0 Å². The Morgan fingerprint density at radius 1 is 0.750 bits per heavy atom. The lowest BCUT2D eigenvalue weighted by Gasteiger charge is -2.21. The fourth-order valence-electron chi connectivity index (χ4n) is 3.30. The molecule has 1 aliphatic rings. The first-order valence-electron chi connectivity index (χ1n) is 8.81. The van der Waals surface area contributed by atoms with E-state index in [0.29, 0.717) is 17.0 Å². The number of hydrogen-bond acceptors (Lipinski definition) is 3. The van der Waals surface area contributed by atoms with E-state index in [1.54, 1.807) is 17.0 Å². The van der Waals surface area contributed by atoms with Crippen molar-refractivity contribution in [3.63, 3.8) is 0 Å². The minimum atomic E-state index is -0.336. The van der Waals surface area contributed by atoms with Gasteiger partial charge in [0.1, 0.15) is 5.70 Å². The molecule has 5 heteroatoms. The van der Waals surface area contributed by atoms with Crippen LogP contribution in [0.3, 0.4) is 0 Å². The number of benzene rings is 3. The van der Waals surface area contributed by atoms with E-state index in [1.807, 2.05) is 79.8 Å². The molecule has 0 N–H and O–H groups in total. The van der Waals surface area contributed by atoms with Crippen LogP contribution in [0.5, 0.6) is 0 Å². The van der Waals surface area contributed by atoms with Gasteiger partial charge in [0.25, 0.3) is 11.8 Å². The average molecular weight is 433 g/mol. The Morgan fingerprint density at radius 2 is 1.32 bits per heavy atom. The number of likely N-dealkylation sites (N-methyl/N-ethyl adjacent to an activating group) is 1. The summed E-state index contributed by atoms with van der Waals surface area (Å²) in [7, 11) is 1.81. The van der Waals surface area contributed by atoms with Gasteiger partial charge in [-0.25, -0.2) is 4.90 Å². The summed E-state index contributed by atoms with van der Waals surface area (Å²) in [5.74, 6) is -0.658. The highest BCUT2D eigenvalue weighted by Crippen LogP contribution is 2.36. The number of para-hydroxylation sites is 1. The van der Waals surface area contributed by atoms with Crippen LogP contribution in [0, 0.1) is 0 Å². The van der Waals surface area contributed by atoms with Gasteiger partial charge >= 0.3 is 0 Å². The molecule has 0 aliphatic carbocycles.